The van der Waals surface area contributed by atoms with Crippen molar-refractivity contribution >= 4 is 23.2 Å². The van der Waals surface area contributed by atoms with Crippen LogP contribution in [-0.4, -0.2) is 92.0 Å². The fourth-order valence-electron chi connectivity index (χ4n) is 5.31. The van der Waals surface area contributed by atoms with E-state index in [1.807, 2.05) is 30.7 Å². The minimum Gasteiger partial charge on any atom is -0.387 e. The molecule has 0 bridgehead atoms. The van der Waals surface area contributed by atoms with E-state index in [4.69, 9.17) is 4.74 Å². The summed E-state index contributed by atoms with van der Waals surface area (Å²) in [5.41, 5.74) is -0.995. The van der Waals surface area contributed by atoms with E-state index in [2.05, 4.69) is 25.5 Å². The van der Waals surface area contributed by atoms with E-state index in [0.717, 1.165) is 12.3 Å². The van der Waals surface area contributed by atoms with E-state index in [1.165, 1.54) is 12.4 Å². The number of benzene rings is 1. The molecule has 0 saturated carbocycles. The summed E-state index contributed by atoms with van der Waals surface area (Å²) in [6, 6.07) is 3.51. The summed E-state index contributed by atoms with van der Waals surface area (Å²) in [6.07, 6.45) is 0.174. The zero-order valence-electron chi connectivity index (χ0n) is 23.1. The van der Waals surface area contributed by atoms with Crippen molar-refractivity contribution in [3.63, 3.8) is 0 Å². The fourth-order valence-corrected chi connectivity index (χ4v) is 5.31. The zero-order chi connectivity index (χ0) is 29.3. The third kappa shape index (κ3) is 6.01. The number of hydrogen-bond donors (Lipinski definition) is 2. The quantitative estimate of drug-likeness (QED) is 0.524. The Morgan fingerprint density at radius 3 is 2.37 bits per heavy atom. The normalized spacial score (nSPS) is 22.1. The number of carbonyl (C=O) groups is 1. The molecule has 9 nitrogen and oxygen atoms in total. The van der Waals surface area contributed by atoms with E-state index < -0.39 is 29.0 Å². The van der Waals surface area contributed by atoms with Gasteiger partial charge in [-0.25, -0.2) is 14.4 Å². The topological polar surface area (TPSA) is 85.9 Å². The number of ether oxygens (including phenoxy) is 1. The molecule has 0 unspecified atom stereocenters. The third-order valence-electron chi connectivity index (χ3n) is 7.81. The maximum absolute atomic E-state index is 16.4. The molecule has 2 atom stereocenters. The molecule has 0 radical (unpaired) electrons. The molecule has 0 spiro atoms. The number of anilines is 3. The monoisotopic (exact) mass is 575 g/mol. The maximum atomic E-state index is 16.4. The minimum atomic E-state index is -4.74. The molecular weight excluding hydrogens is 542 g/mol. The van der Waals surface area contributed by atoms with Gasteiger partial charge in [0.15, 0.2) is 5.82 Å². The SMILES string of the molecule is C[C@@H]1CN(c2ccc(-c3cnc(N4CCOCC4)nc3)c(F)c2NC(=O)C2=CNCC=C2C(F)(F)F)C[C@H](C)N1C. The van der Waals surface area contributed by atoms with Crippen LogP contribution in [0.3, 0.4) is 0 Å². The first-order valence-corrected chi connectivity index (χ1v) is 13.5. The number of aromatic nitrogens is 2. The van der Waals surface area contributed by atoms with E-state index in [0.29, 0.717) is 56.6 Å². The molecule has 13 heteroatoms. The number of alkyl halides is 3. The van der Waals surface area contributed by atoms with Gasteiger partial charge in [-0.3, -0.25) is 9.69 Å². The molecule has 2 N–H and O–H groups in total. The van der Waals surface area contributed by atoms with Crippen molar-refractivity contribution < 1.29 is 27.1 Å². The van der Waals surface area contributed by atoms with Crippen LogP contribution in [0.15, 0.2) is 47.9 Å². The van der Waals surface area contributed by atoms with Gasteiger partial charge in [0.1, 0.15) is 5.69 Å². The van der Waals surface area contributed by atoms with Gasteiger partial charge in [-0.15, -0.1) is 0 Å². The zero-order valence-corrected chi connectivity index (χ0v) is 23.1. The Hall–Kier alpha value is -3.71. The lowest BCUT2D eigenvalue weighted by molar-refractivity contribution is -0.115. The number of nitrogens with zero attached hydrogens (tertiary/aromatic N) is 5. The summed E-state index contributed by atoms with van der Waals surface area (Å²) in [6.45, 7) is 7.48. The van der Waals surface area contributed by atoms with E-state index >= 15 is 4.39 Å². The van der Waals surface area contributed by atoms with E-state index in [1.54, 1.807) is 12.1 Å². The largest absolute Gasteiger partial charge is 0.416 e. The Balaban J connectivity index is 1.51. The highest BCUT2D eigenvalue weighted by Crippen LogP contribution is 2.39. The van der Waals surface area contributed by atoms with Gasteiger partial charge in [-0.2, -0.15) is 13.2 Å². The lowest BCUT2D eigenvalue weighted by Crippen LogP contribution is -2.55. The number of nitrogens with one attached hydrogen (secondary N) is 2. The third-order valence-corrected chi connectivity index (χ3v) is 7.81. The van der Waals surface area contributed by atoms with Crippen molar-refractivity contribution in [1.29, 1.82) is 0 Å². The van der Waals surface area contributed by atoms with E-state index in [9.17, 15) is 18.0 Å². The van der Waals surface area contributed by atoms with Crippen LogP contribution >= 0.6 is 0 Å². The van der Waals surface area contributed by atoms with Crippen molar-refractivity contribution in [1.82, 2.24) is 20.2 Å². The number of piperazine rings is 1. The molecule has 3 aliphatic heterocycles. The van der Waals surface area contributed by atoms with Gasteiger partial charge >= 0.3 is 6.18 Å². The first kappa shape index (κ1) is 28.8. The van der Waals surface area contributed by atoms with Gasteiger partial charge in [-0.05, 0) is 33.0 Å². The summed E-state index contributed by atoms with van der Waals surface area (Å²) >= 11 is 0. The van der Waals surface area contributed by atoms with Gasteiger partial charge in [0, 0.05) is 74.5 Å². The summed E-state index contributed by atoms with van der Waals surface area (Å²) in [7, 11) is 2.01. The Labute approximate surface area is 235 Å². The molecule has 41 heavy (non-hydrogen) atoms. The van der Waals surface area contributed by atoms with Gasteiger partial charge in [0.2, 0.25) is 5.95 Å². The Morgan fingerprint density at radius 2 is 1.73 bits per heavy atom. The van der Waals surface area contributed by atoms with Crippen LogP contribution < -0.4 is 20.4 Å². The molecule has 1 aromatic heterocycles. The number of likely N-dealkylation sites (N-methyl/N-ethyl adjacent to an activating group) is 1. The van der Waals surface area contributed by atoms with Crippen LogP contribution in [-0.2, 0) is 9.53 Å². The second kappa shape index (κ2) is 11.6. The fraction of sp³-hybridized carbons (Fsp3) is 0.464. The molecule has 4 heterocycles. The van der Waals surface area contributed by atoms with Gasteiger partial charge in [0.05, 0.1) is 30.0 Å². The molecule has 0 aliphatic carbocycles. The average molecular weight is 576 g/mol. The van der Waals surface area contributed by atoms with Crippen LogP contribution in [0.4, 0.5) is 34.9 Å². The number of morpholine rings is 1. The summed E-state index contributed by atoms with van der Waals surface area (Å²) < 4.78 is 62.8. The number of halogens is 4. The first-order valence-electron chi connectivity index (χ1n) is 13.5. The molecule has 3 aliphatic rings. The second-order valence-corrected chi connectivity index (χ2v) is 10.5. The molecule has 2 fully saturated rings. The minimum absolute atomic E-state index is 0.0712. The molecule has 2 saturated heterocycles. The maximum Gasteiger partial charge on any atom is 0.416 e. The van der Waals surface area contributed by atoms with E-state index in [-0.39, 0.29) is 29.9 Å². The predicted octanol–water partition coefficient (Wildman–Crippen LogP) is 3.56. The average Bonchev–Trinajstić information content (AvgIpc) is 2.96. The number of amides is 1. The van der Waals surface area contributed by atoms with Crippen LogP contribution in [0.2, 0.25) is 0 Å². The van der Waals surface area contributed by atoms with Crippen molar-refractivity contribution in [3.05, 3.63) is 53.8 Å². The molecule has 2 aromatic rings. The summed E-state index contributed by atoms with van der Waals surface area (Å²) in [4.78, 5) is 28.2. The molecule has 220 valence electrons. The van der Waals surface area contributed by atoms with Gasteiger partial charge < -0.3 is 25.2 Å². The number of hydrogen-bond acceptors (Lipinski definition) is 8. The highest BCUT2D eigenvalue weighted by atomic mass is 19.4. The second-order valence-electron chi connectivity index (χ2n) is 10.5. The molecule has 5 rings (SSSR count). The van der Waals surface area contributed by atoms with Gasteiger partial charge in [-0.1, -0.05) is 6.08 Å². The summed E-state index contributed by atoms with van der Waals surface area (Å²) in [5.74, 6) is -1.35. The smallest absolute Gasteiger partial charge is 0.387 e. The lowest BCUT2D eigenvalue weighted by atomic mass is 10.0. The number of dihydropyridines is 1. The lowest BCUT2D eigenvalue weighted by Gasteiger charge is -2.44. The Bertz CT molecular complexity index is 1330. The highest BCUT2D eigenvalue weighted by Gasteiger charge is 2.39. The number of rotatable bonds is 5. The van der Waals surface area contributed by atoms with Crippen molar-refractivity contribution in [2.75, 3.05) is 68.1 Å². The van der Waals surface area contributed by atoms with Crippen LogP contribution in [0.25, 0.3) is 11.1 Å². The van der Waals surface area contributed by atoms with Crippen molar-refractivity contribution in [2.45, 2.75) is 32.1 Å². The highest BCUT2D eigenvalue weighted by molar-refractivity contribution is 6.09. The van der Waals surface area contributed by atoms with Crippen molar-refractivity contribution in [3.8, 4) is 11.1 Å². The standard InChI is InChI=1S/C28H33F4N7O2/c1-17-15-39(16-18(2)37(17)3)23-5-4-20(19-12-34-27(35-13-19)38-8-10-41-11-9-38)24(29)25(23)36-26(40)21-14-33-7-6-22(21)28(30,31)32/h4-6,12-14,17-18,33H,7-11,15-16H2,1-3H3,(H,36,40)/t17-,18+. The van der Waals surface area contributed by atoms with Crippen LogP contribution in [0.1, 0.15) is 13.8 Å². The predicted molar refractivity (Wildman–Crippen MR) is 148 cm³/mol. The van der Waals surface area contributed by atoms with Crippen LogP contribution in [0, 0.1) is 5.82 Å². The Kier molecular flexibility index (Phi) is 8.18. The summed E-state index contributed by atoms with van der Waals surface area (Å²) in [5, 5.41) is 5.13. The Morgan fingerprint density at radius 1 is 1.07 bits per heavy atom. The van der Waals surface area contributed by atoms with Gasteiger partial charge in [0.25, 0.3) is 5.91 Å². The first-order chi connectivity index (χ1) is 19.5. The van der Waals surface area contributed by atoms with Crippen LogP contribution in [0.5, 0.6) is 0 Å². The van der Waals surface area contributed by atoms with Crippen molar-refractivity contribution in [2.24, 2.45) is 0 Å². The number of carbonyl (C=O) groups excluding carboxylic acids is 1. The molecular formula is C28H33F4N7O2. The molecule has 1 amide bonds. The molecule has 1 aromatic carbocycles.